The van der Waals surface area contributed by atoms with Crippen molar-refractivity contribution in [3.05, 3.63) is 35.0 Å². The van der Waals surface area contributed by atoms with Crippen LogP contribution >= 0.6 is 22.7 Å². The van der Waals surface area contributed by atoms with Gasteiger partial charge < -0.3 is 5.32 Å². The molecule has 2 heterocycles. The van der Waals surface area contributed by atoms with E-state index in [4.69, 9.17) is 0 Å². The lowest BCUT2D eigenvalue weighted by molar-refractivity contribution is 0.0958. The Hall–Kier alpha value is -1.13. The van der Waals surface area contributed by atoms with E-state index in [0.717, 1.165) is 11.3 Å². The predicted octanol–water partition coefficient (Wildman–Crippen LogP) is 3.27. The largest absolute Gasteiger partial charge is 0.351 e. The maximum Gasteiger partial charge on any atom is 0.261 e. The summed E-state index contributed by atoms with van der Waals surface area (Å²) in [6.45, 7) is 4.27. The van der Waals surface area contributed by atoms with Gasteiger partial charge in [0.2, 0.25) is 0 Å². The van der Waals surface area contributed by atoms with Crippen molar-refractivity contribution in [3.63, 3.8) is 0 Å². The average molecular weight is 237 g/mol. The molecule has 0 saturated heterocycles. The fourth-order valence-corrected chi connectivity index (χ4v) is 3.28. The van der Waals surface area contributed by atoms with E-state index < -0.39 is 0 Å². The molecule has 0 aliphatic heterocycles. The molecule has 0 aromatic carbocycles. The molecule has 2 aromatic rings. The standard InChI is InChI=1S/C11H11NOS2/c1-2-3-5-12-11(13)10-7-9-8(15-10)4-6-14-9/h2,4,6-7H,1,3,5H2,(H,12,13). The van der Waals surface area contributed by atoms with Crippen LogP contribution in [-0.2, 0) is 0 Å². The summed E-state index contributed by atoms with van der Waals surface area (Å²) in [7, 11) is 0. The molecule has 0 spiro atoms. The lowest BCUT2D eigenvalue weighted by Crippen LogP contribution is -2.22. The molecule has 1 N–H and O–H groups in total. The summed E-state index contributed by atoms with van der Waals surface area (Å²) in [5, 5.41) is 4.90. The van der Waals surface area contributed by atoms with E-state index in [-0.39, 0.29) is 5.91 Å². The average Bonchev–Trinajstić information content (AvgIpc) is 2.76. The van der Waals surface area contributed by atoms with Crippen LogP contribution in [0.25, 0.3) is 9.40 Å². The Morgan fingerprint density at radius 2 is 2.40 bits per heavy atom. The zero-order valence-corrected chi connectivity index (χ0v) is 9.79. The van der Waals surface area contributed by atoms with Crippen LogP contribution in [0.1, 0.15) is 16.1 Å². The van der Waals surface area contributed by atoms with E-state index in [9.17, 15) is 4.79 Å². The normalized spacial score (nSPS) is 10.4. The smallest absolute Gasteiger partial charge is 0.261 e. The molecule has 2 nitrogen and oxygen atoms in total. The van der Waals surface area contributed by atoms with Crippen molar-refractivity contribution in [1.82, 2.24) is 5.32 Å². The molecule has 15 heavy (non-hydrogen) atoms. The molecule has 0 aliphatic carbocycles. The van der Waals surface area contributed by atoms with Crippen LogP contribution < -0.4 is 5.32 Å². The molecular weight excluding hydrogens is 226 g/mol. The molecule has 0 unspecified atom stereocenters. The van der Waals surface area contributed by atoms with Crippen LogP contribution in [0.2, 0.25) is 0 Å². The second kappa shape index (κ2) is 4.59. The van der Waals surface area contributed by atoms with Gasteiger partial charge in [-0.25, -0.2) is 0 Å². The van der Waals surface area contributed by atoms with E-state index >= 15 is 0 Å². The third kappa shape index (κ3) is 2.27. The molecule has 0 aliphatic rings. The zero-order valence-electron chi connectivity index (χ0n) is 8.16. The van der Waals surface area contributed by atoms with Gasteiger partial charge in [0.15, 0.2) is 0 Å². The molecule has 2 rings (SSSR count). The third-order valence-corrected chi connectivity index (χ3v) is 4.09. The lowest BCUT2D eigenvalue weighted by Gasteiger charge is -1.99. The zero-order chi connectivity index (χ0) is 10.7. The van der Waals surface area contributed by atoms with Gasteiger partial charge in [0.25, 0.3) is 5.91 Å². The molecule has 0 radical (unpaired) electrons. The molecule has 0 saturated carbocycles. The van der Waals surface area contributed by atoms with Gasteiger partial charge in [0.1, 0.15) is 0 Å². The quantitative estimate of drug-likeness (QED) is 0.641. The second-order valence-electron chi connectivity index (χ2n) is 3.09. The minimum absolute atomic E-state index is 0.0188. The second-order valence-corrected chi connectivity index (χ2v) is 5.12. The van der Waals surface area contributed by atoms with Gasteiger partial charge in [0, 0.05) is 15.9 Å². The van der Waals surface area contributed by atoms with Gasteiger partial charge in [-0.3, -0.25) is 4.79 Å². The number of rotatable bonds is 4. The molecule has 1 amide bonds. The Bertz CT molecular complexity index is 455. The number of fused-ring (bicyclic) bond motifs is 1. The lowest BCUT2D eigenvalue weighted by atomic mass is 10.4. The van der Waals surface area contributed by atoms with Gasteiger partial charge >= 0.3 is 0 Å². The van der Waals surface area contributed by atoms with E-state index in [0.29, 0.717) is 6.54 Å². The summed E-state index contributed by atoms with van der Waals surface area (Å²) in [6, 6.07) is 4.00. The van der Waals surface area contributed by atoms with Crippen LogP contribution in [0.15, 0.2) is 30.2 Å². The first-order chi connectivity index (χ1) is 7.31. The number of amides is 1. The molecule has 4 heteroatoms. The maximum atomic E-state index is 11.7. The maximum absolute atomic E-state index is 11.7. The monoisotopic (exact) mass is 237 g/mol. The number of hydrogen-bond acceptors (Lipinski definition) is 3. The summed E-state index contributed by atoms with van der Waals surface area (Å²) >= 11 is 3.21. The third-order valence-electron chi connectivity index (χ3n) is 2.00. The number of carbonyl (C=O) groups excluding carboxylic acids is 1. The molecule has 2 aromatic heterocycles. The van der Waals surface area contributed by atoms with Crippen LogP contribution in [0.5, 0.6) is 0 Å². The fourth-order valence-electron chi connectivity index (χ4n) is 1.25. The highest BCUT2D eigenvalue weighted by molar-refractivity contribution is 7.27. The van der Waals surface area contributed by atoms with Crippen LogP contribution in [0.4, 0.5) is 0 Å². The summed E-state index contributed by atoms with van der Waals surface area (Å²) in [6.07, 6.45) is 2.61. The summed E-state index contributed by atoms with van der Waals surface area (Å²) in [5.74, 6) is 0.0188. The summed E-state index contributed by atoms with van der Waals surface area (Å²) in [5.41, 5.74) is 0. The van der Waals surface area contributed by atoms with Crippen molar-refractivity contribution in [1.29, 1.82) is 0 Å². The van der Waals surface area contributed by atoms with Gasteiger partial charge in [-0.15, -0.1) is 29.3 Å². The highest BCUT2D eigenvalue weighted by Crippen LogP contribution is 2.29. The molecular formula is C11H11NOS2. The predicted molar refractivity (Wildman–Crippen MR) is 66.8 cm³/mol. The van der Waals surface area contributed by atoms with Crippen LogP contribution in [0.3, 0.4) is 0 Å². The Labute approximate surface area is 96.2 Å². The number of nitrogens with one attached hydrogen (secondary N) is 1. The van der Waals surface area contributed by atoms with Crippen molar-refractivity contribution in [2.24, 2.45) is 0 Å². The van der Waals surface area contributed by atoms with E-state index in [1.165, 1.54) is 9.40 Å². The Morgan fingerprint density at radius 3 is 3.13 bits per heavy atom. The first kappa shape index (κ1) is 10.4. The van der Waals surface area contributed by atoms with Crippen molar-refractivity contribution < 1.29 is 4.79 Å². The van der Waals surface area contributed by atoms with Gasteiger partial charge in [-0.1, -0.05) is 6.08 Å². The van der Waals surface area contributed by atoms with E-state index in [2.05, 4.69) is 11.9 Å². The Balaban J connectivity index is 2.06. The Kier molecular flexibility index (Phi) is 3.18. The van der Waals surface area contributed by atoms with Gasteiger partial charge in [-0.05, 0) is 23.9 Å². The molecule has 0 bridgehead atoms. The highest BCUT2D eigenvalue weighted by Gasteiger charge is 2.09. The van der Waals surface area contributed by atoms with Crippen LogP contribution in [-0.4, -0.2) is 12.5 Å². The molecule has 0 fully saturated rings. The number of carbonyl (C=O) groups is 1. The number of thiophene rings is 2. The summed E-state index contributed by atoms with van der Waals surface area (Å²) in [4.78, 5) is 12.4. The van der Waals surface area contributed by atoms with Crippen molar-refractivity contribution in [2.45, 2.75) is 6.42 Å². The van der Waals surface area contributed by atoms with Gasteiger partial charge in [0.05, 0.1) is 4.88 Å². The fraction of sp³-hybridized carbons (Fsp3) is 0.182. The van der Waals surface area contributed by atoms with Crippen molar-refractivity contribution >= 4 is 38.0 Å². The highest BCUT2D eigenvalue weighted by atomic mass is 32.1. The Morgan fingerprint density at radius 1 is 1.53 bits per heavy atom. The minimum atomic E-state index is 0.0188. The number of hydrogen-bond donors (Lipinski definition) is 1. The van der Waals surface area contributed by atoms with Crippen molar-refractivity contribution in [3.8, 4) is 0 Å². The van der Waals surface area contributed by atoms with Gasteiger partial charge in [-0.2, -0.15) is 0 Å². The first-order valence-corrected chi connectivity index (χ1v) is 6.37. The van der Waals surface area contributed by atoms with Crippen molar-refractivity contribution in [2.75, 3.05) is 6.54 Å². The van der Waals surface area contributed by atoms with E-state index in [1.807, 2.05) is 17.5 Å². The van der Waals surface area contributed by atoms with Crippen LogP contribution in [0, 0.1) is 0 Å². The first-order valence-electron chi connectivity index (χ1n) is 4.67. The molecule has 78 valence electrons. The topological polar surface area (TPSA) is 29.1 Å². The summed E-state index contributed by atoms with van der Waals surface area (Å²) < 4.78 is 2.38. The SMILES string of the molecule is C=CCCNC(=O)c1cc2sccc2s1. The minimum Gasteiger partial charge on any atom is -0.351 e. The molecule has 0 atom stereocenters. The van der Waals surface area contributed by atoms with E-state index in [1.54, 1.807) is 28.7 Å².